The van der Waals surface area contributed by atoms with Crippen LogP contribution in [0.5, 0.6) is 0 Å². The Balaban J connectivity index is 2.17. The Morgan fingerprint density at radius 2 is 1.92 bits per heavy atom. The largest absolute Gasteiger partial charge is 0.323 e. The van der Waals surface area contributed by atoms with Gasteiger partial charge in [-0.05, 0) is 25.7 Å². The van der Waals surface area contributed by atoms with E-state index in [1.165, 1.54) is 43.3 Å². The number of quaternary nitrogens is 1. The molecule has 2 saturated heterocycles. The molecule has 2 heteroatoms. The number of fused-ring (bicyclic) bond motifs is 1. The summed E-state index contributed by atoms with van der Waals surface area (Å²) in [6, 6.07) is 3.17. The summed E-state index contributed by atoms with van der Waals surface area (Å²) >= 11 is 0. The first kappa shape index (κ1) is 9.02. The first-order valence-corrected chi connectivity index (χ1v) is 5.50. The van der Waals surface area contributed by atoms with Crippen LogP contribution in [0.1, 0.15) is 32.1 Å². The van der Waals surface area contributed by atoms with Crippen molar-refractivity contribution in [3.05, 3.63) is 0 Å². The fraction of sp³-hybridized carbons (Fsp3) is 0.909. The van der Waals surface area contributed by atoms with Gasteiger partial charge in [0.05, 0.1) is 32.1 Å². The van der Waals surface area contributed by atoms with Crippen molar-refractivity contribution in [2.75, 3.05) is 20.1 Å². The highest BCUT2D eigenvalue weighted by Gasteiger charge is 2.43. The standard InChI is InChI=1S/C11H19N2/c1-13-7-3-2-6-11(13)10(9-12)5-4-8-13/h10-11H,2-8H2,1H3/q+1/t10-,11+,13+/m0/s1. The Hall–Kier alpha value is -0.550. The summed E-state index contributed by atoms with van der Waals surface area (Å²) in [4.78, 5) is 0. The molecule has 0 unspecified atom stereocenters. The lowest BCUT2D eigenvalue weighted by Crippen LogP contribution is -2.60. The lowest BCUT2D eigenvalue weighted by molar-refractivity contribution is -0.945. The monoisotopic (exact) mass is 179 g/mol. The quantitative estimate of drug-likeness (QED) is 0.521. The van der Waals surface area contributed by atoms with Crippen molar-refractivity contribution in [3.8, 4) is 6.07 Å². The van der Waals surface area contributed by atoms with E-state index in [4.69, 9.17) is 5.26 Å². The van der Waals surface area contributed by atoms with Gasteiger partial charge < -0.3 is 4.48 Å². The van der Waals surface area contributed by atoms with Gasteiger partial charge in [0.2, 0.25) is 0 Å². The number of hydrogen-bond acceptors (Lipinski definition) is 1. The summed E-state index contributed by atoms with van der Waals surface area (Å²) in [7, 11) is 2.35. The molecule has 0 aromatic heterocycles. The predicted octanol–water partition coefficient (Wildman–Crippen LogP) is 1.92. The van der Waals surface area contributed by atoms with E-state index in [9.17, 15) is 0 Å². The highest BCUT2D eigenvalue weighted by atomic mass is 15.4. The van der Waals surface area contributed by atoms with Crippen molar-refractivity contribution in [1.29, 1.82) is 5.26 Å². The second-order valence-corrected chi connectivity index (χ2v) is 4.87. The molecule has 3 atom stereocenters. The van der Waals surface area contributed by atoms with E-state index in [2.05, 4.69) is 13.1 Å². The zero-order chi connectivity index (χ0) is 9.31. The molecular formula is C11H19N2+. The van der Waals surface area contributed by atoms with Gasteiger partial charge in [0, 0.05) is 6.42 Å². The van der Waals surface area contributed by atoms with Gasteiger partial charge in [-0.2, -0.15) is 5.26 Å². The predicted molar refractivity (Wildman–Crippen MR) is 51.9 cm³/mol. The Labute approximate surface area is 80.7 Å². The zero-order valence-corrected chi connectivity index (χ0v) is 8.50. The minimum atomic E-state index is 0.346. The molecule has 0 radical (unpaired) electrons. The lowest BCUT2D eigenvalue weighted by atomic mass is 9.82. The number of hydrogen-bond donors (Lipinski definition) is 0. The van der Waals surface area contributed by atoms with Crippen LogP contribution in [0, 0.1) is 17.2 Å². The summed E-state index contributed by atoms with van der Waals surface area (Å²) < 4.78 is 1.19. The lowest BCUT2D eigenvalue weighted by Gasteiger charge is -2.49. The van der Waals surface area contributed by atoms with Gasteiger partial charge in [-0.3, -0.25) is 0 Å². The first-order valence-electron chi connectivity index (χ1n) is 5.50. The molecule has 0 saturated carbocycles. The van der Waals surface area contributed by atoms with Crippen LogP contribution in [0.2, 0.25) is 0 Å². The smallest absolute Gasteiger partial charge is 0.105 e. The van der Waals surface area contributed by atoms with E-state index < -0.39 is 0 Å². The highest BCUT2D eigenvalue weighted by molar-refractivity contribution is 4.92. The van der Waals surface area contributed by atoms with Crippen LogP contribution in [0.4, 0.5) is 0 Å². The molecule has 72 valence electrons. The Bertz CT molecular complexity index is 227. The van der Waals surface area contributed by atoms with Crippen molar-refractivity contribution in [2.45, 2.75) is 38.1 Å². The van der Waals surface area contributed by atoms with E-state index in [1.807, 2.05) is 0 Å². The van der Waals surface area contributed by atoms with Crippen molar-refractivity contribution in [1.82, 2.24) is 0 Å². The molecular weight excluding hydrogens is 160 g/mol. The molecule has 2 fully saturated rings. The van der Waals surface area contributed by atoms with Gasteiger partial charge in [0.15, 0.2) is 0 Å². The molecule has 0 aliphatic carbocycles. The fourth-order valence-electron chi connectivity index (χ4n) is 3.23. The van der Waals surface area contributed by atoms with Crippen LogP contribution in [-0.4, -0.2) is 30.7 Å². The van der Waals surface area contributed by atoms with Gasteiger partial charge >= 0.3 is 0 Å². The second-order valence-electron chi connectivity index (χ2n) is 4.87. The van der Waals surface area contributed by atoms with Gasteiger partial charge in [0.25, 0.3) is 0 Å². The van der Waals surface area contributed by atoms with Gasteiger partial charge in [-0.1, -0.05) is 0 Å². The molecule has 2 nitrogen and oxygen atoms in total. The fourth-order valence-corrected chi connectivity index (χ4v) is 3.23. The molecule has 2 aliphatic heterocycles. The van der Waals surface area contributed by atoms with Crippen LogP contribution in [0.15, 0.2) is 0 Å². The number of nitrogens with zero attached hydrogens (tertiary/aromatic N) is 2. The second kappa shape index (κ2) is 3.31. The summed E-state index contributed by atoms with van der Waals surface area (Å²) in [5, 5.41) is 9.08. The van der Waals surface area contributed by atoms with Gasteiger partial charge in [-0.25, -0.2) is 0 Å². The van der Waals surface area contributed by atoms with Crippen molar-refractivity contribution in [2.24, 2.45) is 5.92 Å². The average molecular weight is 179 g/mol. The van der Waals surface area contributed by atoms with E-state index in [0.29, 0.717) is 12.0 Å². The van der Waals surface area contributed by atoms with Crippen LogP contribution in [0.3, 0.4) is 0 Å². The van der Waals surface area contributed by atoms with Crippen LogP contribution >= 0.6 is 0 Å². The van der Waals surface area contributed by atoms with Crippen molar-refractivity contribution < 1.29 is 4.48 Å². The normalized spacial score (nSPS) is 44.9. The number of piperidine rings is 2. The highest BCUT2D eigenvalue weighted by Crippen LogP contribution is 2.35. The third-order valence-electron chi connectivity index (χ3n) is 4.03. The van der Waals surface area contributed by atoms with Crippen molar-refractivity contribution in [3.63, 3.8) is 0 Å². The van der Waals surface area contributed by atoms with Crippen LogP contribution in [-0.2, 0) is 0 Å². The van der Waals surface area contributed by atoms with E-state index in [1.54, 1.807) is 0 Å². The van der Waals surface area contributed by atoms with E-state index in [0.717, 1.165) is 6.42 Å². The summed E-state index contributed by atoms with van der Waals surface area (Å²) in [5.74, 6) is 0.346. The van der Waals surface area contributed by atoms with Gasteiger partial charge in [0.1, 0.15) is 6.04 Å². The third-order valence-corrected chi connectivity index (χ3v) is 4.03. The maximum atomic E-state index is 9.08. The summed E-state index contributed by atoms with van der Waals surface area (Å²) in [5.41, 5.74) is 0. The minimum absolute atomic E-state index is 0.346. The van der Waals surface area contributed by atoms with E-state index >= 15 is 0 Å². The number of rotatable bonds is 0. The first-order chi connectivity index (χ1) is 6.26. The van der Waals surface area contributed by atoms with E-state index in [-0.39, 0.29) is 0 Å². The molecule has 13 heavy (non-hydrogen) atoms. The van der Waals surface area contributed by atoms with Crippen LogP contribution < -0.4 is 0 Å². The molecule has 0 aromatic rings. The van der Waals surface area contributed by atoms with Crippen LogP contribution in [0.25, 0.3) is 0 Å². The molecule has 0 aromatic carbocycles. The Morgan fingerprint density at radius 3 is 2.69 bits per heavy atom. The van der Waals surface area contributed by atoms with Crippen molar-refractivity contribution >= 4 is 0 Å². The Kier molecular flexibility index (Phi) is 2.29. The maximum absolute atomic E-state index is 9.08. The maximum Gasteiger partial charge on any atom is 0.105 e. The van der Waals surface area contributed by atoms with Gasteiger partial charge in [-0.15, -0.1) is 0 Å². The average Bonchev–Trinajstić information content (AvgIpc) is 2.15. The summed E-state index contributed by atoms with van der Waals surface area (Å²) in [6.45, 7) is 2.62. The molecule has 0 bridgehead atoms. The third kappa shape index (κ3) is 1.46. The molecule has 2 rings (SSSR count). The molecule has 0 N–H and O–H groups in total. The minimum Gasteiger partial charge on any atom is -0.323 e. The Morgan fingerprint density at radius 1 is 1.15 bits per heavy atom. The molecule has 2 heterocycles. The SMILES string of the molecule is C[N@+]12CCCC[C@@H]1[C@H](C#N)CCC2. The molecule has 2 aliphatic rings. The molecule has 0 amide bonds. The zero-order valence-electron chi connectivity index (χ0n) is 8.50. The number of nitriles is 1. The topological polar surface area (TPSA) is 23.8 Å². The molecule has 0 spiro atoms. The summed E-state index contributed by atoms with van der Waals surface area (Å²) in [6.07, 6.45) is 6.40.